The van der Waals surface area contributed by atoms with Crippen LogP contribution in [0.1, 0.15) is 0 Å². The molecular weight excluding hydrogens is 787 g/mol. The molecule has 0 fully saturated rings. The fourth-order valence-electron chi connectivity index (χ4n) is 10.1. The smallest absolute Gasteiger partial charge is 0.0979 e. The molecule has 0 spiro atoms. The highest BCUT2D eigenvalue weighted by Crippen LogP contribution is 2.39. The standard InChI is InChI=1S/C62H39N3/c1-2-18-50-42(12-1)13-11-24-51(50)43-30-33-49(34-31-43)65-59-25-8-7-21-54(59)57-38-47(32-35-60(57)65)46-16-9-14-44(36-46)40-26-28-41(29-27-40)45-15-10-17-48(37-45)58-39-63-61-55-22-5-3-19-52(55)53-20-4-6-23-56(53)62(61)64-58/h1-39H. The van der Waals surface area contributed by atoms with E-state index in [4.69, 9.17) is 9.97 Å². The van der Waals surface area contributed by atoms with Crippen molar-refractivity contribution in [3.8, 4) is 61.5 Å². The molecule has 13 aromatic rings. The lowest BCUT2D eigenvalue weighted by Gasteiger charge is -2.12. The molecule has 0 bridgehead atoms. The second-order valence-electron chi connectivity index (χ2n) is 16.9. The number of fused-ring (bicyclic) bond motifs is 10. The molecule has 0 aliphatic carbocycles. The molecule has 3 nitrogen and oxygen atoms in total. The van der Waals surface area contributed by atoms with Crippen LogP contribution in [-0.4, -0.2) is 14.5 Å². The molecule has 13 rings (SSSR count). The van der Waals surface area contributed by atoms with Crippen molar-refractivity contribution < 1.29 is 0 Å². The van der Waals surface area contributed by atoms with Gasteiger partial charge in [-0.1, -0.05) is 188 Å². The zero-order valence-corrected chi connectivity index (χ0v) is 35.4. The SMILES string of the molecule is c1cc(-c2ccc(-c3cccc(-c4cnc5c6ccccc6c6ccccc6c5n4)c3)cc2)cc(-c2ccc3c(c2)c2ccccc2n3-c2ccc(-c3cccc4ccccc34)cc2)c1. The highest BCUT2D eigenvalue weighted by Gasteiger charge is 2.16. The highest BCUT2D eigenvalue weighted by atomic mass is 15.0. The van der Waals surface area contributed by atoms with Gasteiger partial charge in [0.1, 0.15) is 0 Å². The Hall–Kier alpha value is -8.66. The third-order valence-electron chi connectivity index (χ3n) is 13.2. The predicted octanol–water partition coefficient (Wildman–Crippen LogP) is 16.5. The molecule has 0 amide bonds. The molecule has 0 aliphatic rings. The molecule has 0 aliphatic heterocycles. The monoisotopic (exact) mass is 825 g/mol. The Morgan fingerprint density at radius 1 is 0.292 bits per heavy atom. The van der Waals surface area contributed by atoms with E-state index in [1.807, 2.05) is 6.20 Å². The fourth-order valence-corrected chi connectivity index (χ4v) is 10.1. The summed E-state index contributed by atoms with van der Waals surface area (Å²) < 4.78 is 2.40. The van der Waals surface area contributed by atoms with Gasteiger partial charge in [-0.15, -0.1) is 0 Å². The summed E-state index contributed by atoms with van der Waals surface area (Å²) in [6.07, 6.45) is 1.92. The fraction of sp³-hybridized carbons (Fsp3) is 0. The average molecular weight is 826 g/mol. The molecule has 0 radical (unpaired) electrons. The Bertz CT molecular complexity index is 3950. The first-order valence-electron chi connectivity index (χ1n) is 22.2. The quantitative estimate of drug-likeness (QED) is 0.156. The van der Waals surface area contributed by atoms with Crippen molar-refractivity contribution in [3.05, 3.63) is 237 Å². The molecule has 2 aromatic heterocycles. The molecule has 0 unspecified atom stereocenters. The average Bonchev–Trinajstić information content (AvgIpc) is 3.72. The van der Waals surface area contributed by atoms with Crippen molar-refractivity contribution in [2.75, 3.05) is 0 Å². The van der Waals surface area contributed by atoms with E-state index in [-0.39, 0.29) is 0 Å². The normalized spacial score (nSPS) is 11.7. The Morgan fingerprint density at radius 3 is 1.51 bits per heavy atom. The second kappa shape index (κ2) is 15.0. The van der Waals surface area contributed by atoms with Crippen molar-refractivity contribution in [2.24, 2.45) is 0 Å². The second-order valence-corrected chi connectivity index (χ2v) is 16.9. The van der Waals surface area contributed by atoms with Gasteiger partial charge in [0, 0.05) is 32.8 Å². The molecule has 0 saturated carbocycles. The number of rotatable bonds is 6. The van der Waals surface area contributed by atoms with E-state index in [2.05, 4.69) is 235 Å². The summed E-state index contributed by atoms with van der Waals surface area (Å²) in [6, 6.07) is 83.3. The minimum absolute atomic E-state index is 0.863. The first-order valence-corrected chi connectivity index (χ1v) is 22.2. The summed E-state index contributed by atoms with van der Waals surface area (Å²) in [7, 11) is 0. The van der Waals surface area contributed by atoms with Crippen LogP contribution >= 0.6 is 0 Å². The number of para-hydroxylation sites is 1. The Balaban J connectivity index is 0.804. The molecule has 2 heterocycles. The van der Waals surface area contributed by atoms with Crippen LogP contribution in [0.2, 0.25) is 0 Å². The molecule has 0 N–H and O–H groups in total. The number of aromatic nitrogens is 3. The summed E-state index contributed by atoms with van der Waals surface area (Å²) in [5.41, 5.74) is 16.8. The van der Waals surface area contributed by atoms with Gasteiger partial charge in [-0.3, -0.25) is 4.98 Å². The molecule has 3 heteroatoms. The van der Waals surface area contributed by atoms with Gasteiger partial charge in [0.05, 0.1) is 34.0 Å². The lowest BCUT2D eigenvalue weighted by Crippen LogP contribution is -1.94. The Labute approximate surface area is 376 Å². The third kappa shape index (κ3) is 6.20. The van der Waals surface area contributed by atoms with E-state index < -0.39 is 0 Å². The molecule has 11 aromatic carbocycles. The number of hydrogen-bond acceptors (Lipinski definition) is 2. The van der Waals surface area contributed by atoms with Gasteiger partial charge in [-0.05, 0) is 109 Å². The number of nitrogens with zero attached hydrogens (tertiary/aromatic N) is 3. The maximum Gasteiger partial charge on any atom is 0.0979 e. The Morgan fingerprint density at radius 2 is 0.785 bits per heavy atom. The van der Waals surface area contributed by atoms with Gasteiger partial charge in [-0.2, -0.15) is 0 Å². The summed E-state index contributed by atoms with van der Waals surface area (Å²) in [5.74, 6) is 0. The van der Waals surface area contributed by atoms with Crippen LogP contribution in [0, 0.1) is 0 Å². The minimum atomic E-state index is 0.863. The van der Waals surface area contributed by atoms with Crippen molar-refractivity contribution in [1.82, 2.24) is 14.5 Å². The van der Waals surface area contributed by atoms with Crippen LogP contribution in [0.4, 0.5) is 0 Å². The predicted molar refractivity (Wildman–Crippen MR) is 274 cm³/mol. The summed E-state index contributed by atoms with van der Waals surface area (Å²) in [4.78, 5) is 10.3. The lowest BCUT2D eigenvalue weighted by molar-refractivity contribution is 1.18. The maximum absolute atomic E-state index is 5.25. The van der Waals surface area contributed by atoms with Crippen LogP contribution in [0.3, 0.4) is 0 Å². The van der Waals surface area contributed by atoms with Crippen molar-refractivity contribution >= 4 is 65.2 Å². The van der Waals surface area contributed by atoms with Crippen LogP contribution in [0.15, 0.2) is 237 Å². The maximum atomic E-state index is 5.25. The van der Waals surface area contributed by atoms with Gasteiger partial charge in [0.15, 0.2) is 0 Å². The van der Waals surface area contributed by atoms with Crippen LogP contribution < -0.4 is 0 Å². The van der Waals surface area contributed by atoms with Gasteiger partial charge in [0.25, 0.3) is 0 Å². The first kappa shape index (κ1) is 36.9. The van der Waals surface area contributed by atoms with E-state index in [1.165, 1.54) is 76.7 Å². The lowest BCUT2D eigenvalue weighted by atomic mass is 9.96. The van der Waals surface area contributed by atoms with Gasteiger partial charge < -0.3 is 4.57 Å². The number of hydrogen-bond donors (Lipinski definition) is 0. The first-order chi connectivity index (χ1) is 32.2. The third-order valence-corrected chi connectivity index (χ3v) is 13.2. The zero-order chi connectivity index (χ0) is 42.8. The van der Waals surface area contributed by atoms with Crippen molar-refractivity contribution in [3.63, 3.8) is 0 Å². The zero-order valence-electron chi connectivity index (χ0n) is 35.4. The van der Waals surface area contributed by atoms with Crippen LogP contribution in [-0.2, 0) is 0 Å². The topological polar surface area (TPSA) is 30.7 Å². The molecular formula is C62H39N3. The van der Waals surface area contributed by atoms with E-state index in [9.17, 15) is 0 Å². The van der Waals surface area contributed by atoms with E-state index in [0.29, 0.717) is 0 Å². The molecule has 0 atom stereocenters. The van der Waals surface area contributed by atoms with Crippen LogP contribution in [0.25, 0.3) is 127 Å². The Kier molecular flexibility index (Phi) is 8.53. The summed E-state index contributed by atoms with van der Waals surface area (Å²) in [5, 5.41) is 9.65. The minimum Gasteiger partial charge on any atom is -0.309 e. The van der Waals surface area contributed by atoms with E-state index in [0.717, 1.165) is 49.9 Å². The van der Waals surface area contributed by atoms with Gasteiger partial charge >= 0.3 is 0 Å². The molecule has 65 heavy (non-hydrogen) atoms. The summed E-state index contributed by atoms with van der Waals surface area (Å²) >= 11 is 0. The molecule has 302 valence electrons. The number of benzene rings is 11. The van der Waals surface area contributed by atoms with Gasteiger partial charge in [-0.25, -0.2) is 4.98 Å². The summed E-state index contributed by atoms with van der Waals surface area (Å²) in [6.45, 7) is 0. The largest absolute Gasteiger partial charge is 0.309 e. The van der Waals surface area contributed by atoms with Crippen LogP contribution in [0.5, 0.6) is 0 Å². The van der Waals surface area contributed by atoms with E-state index in [1.54, 1.807) is 0 Å². The van der Waals surface area contributed by atoms with Crippen molar-refractivity contribution in [1.29, 1.82) is 0 Å². The highest BCUT2D eigenvalue weighted by molar-refractivity contribution is 6.23. The van der Waals surface area contributed by atoms with E-state index >= 15 is 0 Å². The van der Waals surface area contributed by atoms with Crippen molar-refractivity contribution in [2.45, 2.75) is 0 Å². The molecule has 0 saturated heterocycles. The van der Waals surface area contributed by atoms with Gasteiger partial charge in [0.2, 0.25) is 0 Å².